The van der Waals surface area contributed by atoms with Crippen LogP contribution >= 0.6 is 11.8 Å². The lowest BCUT2D eigenvalue weighted by atomic mass is 10.1. The van der Waals surface area contributed by atoms with E-state index in [9.17, 15) is 0 Å². The number of rotatable bonds is 7. The molecule has 88 valence electrons. The van der Waals surface area contributed by atoms with Gasteiger partial charge in [-0.25, -0.2) is 0 Å². The minimum Gasteiger partial charge on any atom is -0.130 e. The number of thioether (sulfide) groups is 1. The Hall–Kier alpha value is -0.690. The van der Waals surface area contributed by atoms with Gasteiger partial charge in [0.25, 0.3) is 0 Å². The van der Waals surface area contributed by atoms with E-state index in [2.05, 4.69) is 49.6 Å². The normalized spacial score (nSPS) is 11.1. The summed E-state index contributed by atoms with van der Waals surface area (Å²) in [5.74, 6) is 0. The van der Waals surface area contributed by atoms with Crippen LogP contribution in [0.3, 0.4) is 0 Å². The van der Waals surface area contributed by atoms with Crippen LogP contribution in [0.4, 0.5) is 0 Å². The summed E-state index contributed by atoms with van der Waals surface area (Å²) in [7, 11) is 0. The lowest BCUT2D eigenvalue weighted by Gasteiger charge is -1.97. The van der Waals surface area contributed by atoms with Crippen LogP contribution in [0.5, 0.6) is 0 Å². The topological polar surface area (TPSA) is 0 Å². The van der Waals surface area contributed by atoms with Gasteiger partial charge in [-0.05, 0) is 36.8 Å². The number of hydrogen-bond donors (Lipinski definition) is 0. The van der Waals surface area contributed by atoms with Crippen LogP contribution in [0.25, 0.3) is 6.08 Å². The zero-order valence-corrected chi connectivity index (χ0v) is 11.2. The van der Waals surface area contributed by atoms with Gasteiger partial charge in [0.05, 0.1) is 0 Å². The highest BCUT2D eigenvalue weighted by molar-refractivity contribution is 7.98. The predicted octanol–water partition coefficient (Wildman–Crippen LogP) is 5.39. The van der Waals surface area contributed by atoms with Crippen LogP contribution < -0.4 is 0 Å². The average molecular weight is 234 g/mol. The summed E-state index contributed by atoms with van der Waals surface area (Å²) in [4.78, 5) is 1.33. The molecule has 1 rings (SSSR count). The number of hydrogen-bond acceptors (Lipinski definition) is 1. The molecule has 1 aromatic carbocycles. The molecule has 0 atom stereocenters. The van der Waals surface area contributed by atoms with E-state index in [-0.39, 0.29) is 0 Å². The van der Waals surface area contributed by atoms with Gasteiger partial charge in [-0.15, -0.1) is 11.8 Å². The van der Waals surface area contributed by atoms with Crippen LogP contribution in [0.2, 0.25) is 0 Å². The van der Waals surface area contributed by atoms with E-state index >= 15 is 0 Å². The smallest absolute Gasteiger partial charge is 0.00695 e. The third kappa shape index (κ3) is 5.41. The molecule has 1 heteroatoms. The maximum Gasteiger partial charge on any atom is 0.00695 e. The second-order valence-corrected chi connectivity index (χ2v) is 4.90. The summed E-state index contributed by atoms with van der Waals surface area (Å²) in [6, 6.07) is 8.74. The first-order valence-electron chi connectivity index (χ1n) is 6.17. The van der Waals surface area contributed by atoms with Gasteiger partial charge in [0.15, 0.2) is 0 Å². The molecule has 0 aliphatic carbocycles. The predicted molar refractivity (Wildman–Crippen MR) is 76.0 cm³/mol. The minimum atomic E-state index is 1.21. The molecular weight excluding hydrogens is 212 g/mol. The molecule has 0 bridgehead atoms. The first-order valence-corrected chi connectivity index (χ1v) is 7.40. The molecule has 0 heterocycles. The van der Waals surface area contributed by atoms with Gasteiger partial charge < -0.3 is 0 Å². The highest BCUT2D eigenvalue weighted by Gasteiger charge is 1.89. The molecule has 16 heavy (non-hydrogen) atoms. The first-order chi connectivity index (χ1) is 7.86. The summed E-state index contributed by atoms with van der Waals surface area (Å²) < 4.78 is 0. The lowest BCUT2D eigenvalue weighted by molar-refractivity contribution is 0.675. The Bertz CT molecular complexity index is 298. The summed E-state index contributed by atoms with van der Waals surface area (Å²) in [6.07, 6.45) is 13.2. The van der Waals surface area contributed by atoms with Gasteiger partial charge in [0.1, 0.15) is 0 Å². The Labute approximate surface area is 104 Å². The maximum absolute atomic E-state index is 2.30. The van der Waals surface area contributed by atoms with E-state index in [1.54, 1.807) is 11.8 Å². The van der Waals surface area contributed by atoms with Crippen molar-refractivity contribution in [3.05, 3.63) is 35.9 Å². The lowest BCUT2D eigenvalue weighted by Crippen LogP contribution is -1.75. The van der Waals surface area contributed by atoms with E-state index < -0.39 is 0 Å². The molecule has 0 saturated heterocycles. The van der Waals surface area contributed by atoms with Crippen LogP contribution in [-0.4, -0.2) is 6.26 Å². The van der Waals surface area contributed by atoms with Crippen LogP contribution in [0, 0.1) is 0 Å². The fourth-order valence-electron chi connectivity index (χ4n) is 1.62. The fraction of sp³-hybridized carbons (Fsp3) is 0.467. The van der Waals surface area contributed by atoms with Crippen molar-refractivity contribution < 1.29 is 0 Å². The van der Waals surface area contributed by atoms with Crippen molar-refractivity contribution >= 4 is 17.8 Å². The highest BCUT2D eigenvalue weighted by atomic mass is 32.2. The highest BCUT2D eigenvalue weighted by Crippen LogP contribution is 2.15. The van der Waals surface area contributed by atoms with E-state index in [0.717, 1.165) is 0 Å². The molecule has 0 aliphatic rings. The fourth-order valence-corrected chi connectivity index (χ4v) is 2.03. The largest absolute Gasteiger partial charge is 0.130 e. The maximum atomic E-state index is 2.30. The molecule has 0 saturated carbocycles. The molecule has 0 aromatic heterocycles. The SMILES string of the molecule is CCCCCC/C=C/c1ccc(SC)cc1. The van der Waals surface area contributed by atoms with Gasteiger partial charge in [-0.3, -0.25) is 0 Å². The Morgan fingerprint density at radius 3 is 2.44 bits per heavy atom. The van der Waals surface area contributed by atoms with Crippen molar-refractivity contribution in [1.82, 2.24) is 0 Å². The van der Waals surface area contributed by atoms with Gasteiger partial charge in [0, 0.05) is 4.90 Å². The summed E-state index contributed by atoms with van der Waals surface area (Å²) in [5.41, 5.74) is 1.31. The van der Waals surface area contributed by atoms with Crippen molar-refractivity contribution in [2.24, 2.45) is 0 Å². The summed E-state index contributed by atoms with van der Waals surface area (Å²) in [5, 5.41) is 0. The van der Waals surface area contributed by atoms with Gasteiger partial charge in [-0.1, -0.05) is 50.5 Å². The summed E-state index contributed by atoms with van der Waals surface area (Å²) >= 11 is 1.79. The number of benzene rings is 1. The zero-order chi connectivity index (χ0) is 11.6. The van der Waals surface area contributed by atoms with Crippen molar-refractivity contribution in [3.63, 3.8) is 0 Å². The average Bonchev–Trinajstić information content (AvgIpc) is 2.34. The summed E-state index contributed by atoms with van der Waals surface area (Å²) in [6.45, 7) is 2.25. The van der Waals surface area contributed by atoms with Crippen molar-refractivity contribution in [3.8, 4) is 0 Å². The van der Waals surface area contributed by atoms with Crippen LogP contribution in [0.15, 0.2) is 35.2 Å². The second kappa shape index (κ2) is 8.46. The molecule has 0 radical (unpaired) electrons. The quantitative estimate of drug-likeness (QED) is 0.450. The molecule has 0 fully saturated rings. The monoisotopic (exact) mass is 234 g/mol. The van der Waals surface area contributed by atoms with E-state index in [0.29, 0.717) is 0 Å². The van der Waals surface area contributed by atoms with Crippen molar-refractivity contribution in [2.75, 3.05) is 6.26 Å². The Balaban J connectivity index is 2.27. The molecule has 0 aliphatic heterocycles. The van der Waals surface area contributed by atoms with Crippen LogP contribution in [-0.2, 0) is 0 Å². The Kier molecular flexibility index (Phi) is 7.07. The van der Waals surface area contributed by atoms with Gasteiger partial charge in [-0.2, -0.15) is 0 Å². The minimum absolute atomic E-state index is 1.21. The zero-order valence-electron chi connectivity index (χ0n) is 10.4. The third-order valence-corrected chi connectivity index (χ3v) is 3.39. The van der Waals surface area contributed by atoms with Gasteiger partial charge in [0.2, 0.25) is 0 Å². The van der Waals surface area contributed by atoms with Crippen LogP contribution in [0.1, 0.15) is 44.6 Å². The molecule has 1 aromatic rings. The van der Waals surface area contributed by atoms with Gasteiger partial charge >= 0.3 is 0 Å². The molecule has 0 unspecified atom stereocenters. The standard InChI is InChI=1S/C15H22S/c1-3-4-5-6-7-8-9-14-10-12-15(16-2)13-11-14/h8-13H,3-7H2,1-2H3/b9-8+. The van der Waals surface area contributed by atoms with Crippen molar-refractivity contribution in [2.45, 2.75) is 43.9 Å². The Morgan fingerprint density at radius 2 is 1.81 bits per heavy atom. The first kappa shape index (κ1) is 13.4. The molecule has 0 nitrogen and oxygen atoms in total. The number of unbranched alkanes of at least 4 members (excludes halogenated alkanes) is 4. The van der Waals surface area contributed by atoms with E-state index in [1.807, 2.05) is 0 Å². The molecule has 0 spiro atoms. The molecular formula is C15H22S. The van der Waals surface area contributed by atoms with E-state index in [4.69, 9.17) is 0 Å². The van der Waals surface area contributed by atoms with Crippen molar-refractivity contribution in [1.29, 1.82) is 0 Å². The Morgan fingerprint density at radius 1 is 1.06 bits per heavy atom. The second-order valence-electron chi connectivity index (χ2n) is 4.02. The van der Waals surface area contributed by atoms with E-state index in [1.165, 1.54) is 42.6 Å². The third-order valence-electron chi connectivity index (χ3n) is 2.65. The molecule has 0 amide bonds. The molecule has 0 N–H and O–H groups in total. The number of allylic oxidation sites excluding steroid dienone is 1.